The number of likely N-dealkylation sites (N-methyl/N-ethyl adjacent to an activating group) is 1. The summed E-state index contributed by atoms with van der Waals surface area (Å²) in [5.74, 6) is 0. The first-order valence-electron chi connectivity index (χ1n) is 7.29. The highest BCUT2D eigenvalue weighted by Gasteiger charge is 2.17. The second-order valence-corrected chi connectivity index (χ2v) is 5.32. The van der Waals surface area contributed by atoms with Crippen molar-refractivity contribution in [2.24, 2.45) is 0 Å². The first kappa shape index (κ1) is 14.5. The third-order valence-electron chi connectivity index (χ3n) is 3.43. The third-order valence-corrected chi connectivity index (χ3v) is 3.43. The summed E-state index contributed by atoms with van der Waals surface area (Å²) in [6.07, 6.45) is 6.54. The Kier molecular flexibility index (Phi) is 5.82. The fraction of sp³-hybridized carbons (Fsp3) is 0.786. The number of rotatable bonds is 7. The predicted molar refractivity (Wildman–Crippen MR) is 76.3 cm³/mol. The van der Waals surface area contributed by atoms with Crippen molar-refractivity contribution in [3.63, 3.8) is 0 Å². The van der Waals surface area contributed by atoms with Crippen molar-refractivity contribution in [1.82, 2.24) is 19.8 Å². The van der Waals surface area contributed by atoms with Crippen LogP contribution in [0.25, 0.3) is 0 Å². The number of morpholine rings is 1. The average Bonchev–Trinajstić information content (AvgIpc) is 2.82. The molecule has 19 heavy (non-hydrogen) atoms. The molecule has 5 heteroatoms. The number of nitrogens with one attached hydrogen (secondary N) is 1. The zero-order chi connectivity index (χ0) is 13.5. The van der Waals surface area contributed by atoms with Gasteiger partial charge in [0.05, 0.1) is 31.3 Å². The topological polar surface area (TPSA) is 42.3 Å². The monoisotopic (exact) mass is 266 g/mol. The van der Waals surface area contributed by atoms with E-state index in [0.29, 0.717) is 6.10 Å². The van der Waals surface area contributed by atoms with Gasteiger partial charge in [-0.05, 0) is 20.0 Å². The molecule has 108 valence electrons. The van der Waals surface area contributed by atoms with Gasteiger partial charge in [-0.1, -0.05) is 6.92 Å². The lowest BCUT2D eigenvalue weighted by molar-refractivity contribution is -0.0274. The molecular weight excluding hydrogens is 240 g/mol. The lowest BCUT2D eigenvalue weighted by Gasteiger charge is -2.30. The molecule has 0 bridgehead atoms. The fourth-order valence-electron chi connectivity index (χ4n) is 2.37. The van der Waals surface area contributed by atoms with Crippen molar-refractivity contribution in [1.29, 1.82) is 0 Å². The molecule has 1 aromatic heterocycles. The van der Waals surface area contributed by atoms with Crippen molar-refractivity contribution < 1.29 is 4.74 Å². The SMILES string of the molecule is CCCNCCc1cn(CC2CN(C)CCO2)cn1. The Labute approximate surface area is 116 Å². The molecule has 5 nitrogen and oxygen atoms in total. The van der Waals surface area contributed by atoms with E-state index in [0.717, 1.165) is 51.4 Å². The normalized spacial score (nSPS) is 20.8. The summed E-state index contributed by atoms with van der Waals surface area (Å²) < 4.78 is 7.92. The molecule has 0 saturated carbocycles. The highest BCUT2D eigenvalue weighted by molar-refractivity contribution is 4.97. The number of imidazole rings is 1. The van der Waals surface area contributed by atoms with Gasteiger partial charge in [-0.2, -0.15) is 0 Å². The highest BCUT2D eigenvalue weighted by Crippen LogP contribution is 2.07. The van der Waals surface area contributed by atoms with Crippen LogP contribution >= 0.6 is 0 Å². The lowest BCUT2D eigenvalue weighted by Crippen LogP contribution is -2.41. The lowest BCUT2D eigenvalue weighted by atomic mass is 10.3. The Hall–Kier alpha value is -0.910. The maximum absolute atomic E-state index is 5.77. The van der Waals surface area contributed by atoms with Gasteiger partial charge in [-0.15, -0.1) is 0 Å². The minimum absolute atomic E-state index is 0.291. The molecule has 1 aromatic rings. The van der Waals surface area contributed by atoms with Crippen LogP contribution in [0.1, 0.15) is 19.0 Å². The Morgan fingerprint density at radius 3 is 3.16 bits per heavy atom. The first-order chi connectivity index (χ1) is 9.28. The molecule has 1 aliphatic heterocycles. The molecule has 1 saturated heterocycles. The van der Waals surface area contributed by atoms with E-state index in [1.807, 2.05) is 6.33 Å². The molecule has 1 atom stereocenters. The number of hydrogen-bond acceptors (Lipinski definition) is 4. The summed E-state index contributed by atoms with van der Waals surface area (Å²) in [5.41, 5.74) is 1.16. The summed E-state index contributed by atoms with van der Waals surface area (Å²) in [6, 6.07) is 0. The molecule has 1 aliphatic rings. The molecule has 0 aliphatic carbocycles. The van der Waals surface area contributed by atoms with Crippen LogP contribution in [0.5, 0.6) is 0 Å². The molecule has 1 N–H and O–H groups in total. The van der Waals surface area contributed by atoms with Gasteiger partial charge in [0, 0.05) is 32.3 Å². The maximum atomic E-state index is 5.77. The summed E-state index contributed by atoms with van der Waals surface area (Å²) in [6.45, 7) is 8.06. The third kappa shape index (κ3) is 4.93. The highest BCUT2D eigenvalue weighted by atomic mass is 16.5. The van der Waals surface area contributed by atoms with Gasteiger partial charge in [-0.3, -0.25) is 0 Å². The second kappa shape index (κ2) is 7.62. The van der Waals surface area contributed by atoms with E-state index in [-0.39, 0.29) is 0 Å². The summed E-state index contributed by atoms with van der Waals surface area (Å²) >= 11 is 0. The maximum Gasteiger partial charge on any atom is 0.0950 e. The Morgan fingerprint density at radius 1 is 1.47 bits per heavy atom. The number of aromatic nitrogens is 2. The van der Waals surface area contributed by atoms with Crippen LogP contribution in [0.15, 0.2) is 12.5 Å². The van der Waals surface area contributed by atoms with E-state index in [4.69, 9.17) is 4.74 Å². The average molecular weight is 266 g/mol. The standard InChI is InChI=1S/C14H26N4O/c1-3-5-15-6-4-13-9-18(12-16-13)11-14-10-17(2)7-8-19-14/h9,12,14-15H,3-8,10-11H2,1-2H3. The molecule has 1 unspecified atom stereocenters. The van der Waals surface area contributed by atoms with Gasteiger partial charge < -0.3 is 19.5 Å². The molecule has 0 radical (unpaired) electrons. The van der Waals surface area contributed by atoms with Crippen LogP contribution in [0.3, 0.4) is 0 Å². The quantitative estimate of drug-likeness (QED) is 0.740. The zero-order valence-corrected chi connectivity index (χ0v) is 12.1. The molecular formula is C14H26N4O. The summed E-state index contributed by atoms with van der Waals surface area (Å²) in [7, 11) is 2.15. The van der Waals surface area contributed by atoms with E-state index < -0.39 is 0 Å². The van der Waals surface area contributed by atoms with Crippen LogP contribution in [-0.4, -0.2) is 60.4 Å². The van der Waals surface area contributed by atoms with E-state index in [1.54, 1.807) is 0 Å². The zero-order valence-electron chi connectivity index (χ0n) is 12.1. The van der Waals surface area contributed by atoms with Crippen LogP contribution in [0.4, 0.5) is 0 Å². The summed E-state index contributed by atoms with van der Waals surface area (Å²) in [5, 5.41) is 3.40. The van der Waals surface area contributed by atoms with E-state index in [2.05, 4.69) is 39.9 Å². The first-order valence-corrected chi connectivity index (χ1v) is 7.29. The van der Waals surface area contributed by atoms with Crippen LogP contribution in [0, 0.1) is 0 Å². The van der Waals surface area contributed by atoms with Crippen LogP contribution in [-0.2, 0) is 17.7 Å². The molecule has 0 aromatic carbocycles. The van der Waals surface area contributed by atoms with Gasteiger partial charge >= 0.3 is 0 Å². The molecule has 2 heterocycles. The number of nitrogens with zero attached hydrogens (tertiary/aromatic N) is 3. The second-order valence-electron chi connectivity index (χ2n) is 5.32. The van der Waals surface area contributed by atoms with Crippen LogP contribution in [0.2, 0.25) is 0 Å². The Bertz CT molecular complexity index is 366. The predicted octanol–water partition coefficient (Wildman–Crippen LogP) is 0.756. The van der Waals surface area contributed by atoms with E-state index in [1.165, 1.54) is 6.42 Å². The van der Waals surface area contributed by atoms with Gasteiger partial charge in [0.15, 0.2) is 0 Å². The van der Waals surface area contributed by atoms with Gasteiger partial charge in [-0.25, -0.2) is 4.98 Å². The minimum atomic E-state index is 0.291. The van der Waals surface area contributed by atoms with Crippen molar-refractivity contribution in [3.8, 4) is 0 Å². The Balaban J connectivity index is 1.73. The number of ether oxygens (including phenoxy) is 1. The molecule has 2 rings (SSSR count). The Morgan fingerprint density at radius 2 is 2.37 bits per heavy atom. The van der Waals surface area contributed by atoms with Gasteiger partial charge in [0.25, 0.3) is 0 Å². The minimum Gasteiger partial charge on any atom is -0.374 e. The van der Waals surface area contributed by atoms with Gasteiger partial charge in [0.2, 0.25) is 0 Å². The molecule has 1 fully saturated rings. The van der Waals surface area contributed by atoms with Crippen LogP contribution < -0.4 is 5.32 Å². The van der Waals surface area contributed by atoms with Crippen molar-refractivity contribution in [3.05, 3.63) is 18.2 Å². The summed E-state index contributed by atoms with van der Waals surface area (Å²) in [4.78, 5) is 6.77. The molecule has 0 amide bonds. The number of hydrogen-bond donors (Lipinski definition) is 1. The van der Waals surface area contributed by atoms with Crippen molar-refractivity contribution in [2.75, 3.05) is 39.8 Å². The van der Waals surface area contributed by atoms with Gasteiger partial charge in [0.1, 0.15) is 0 Å². The van der Waals surface area contributed by atoms with Crippen molar-refractivity contribution in [2.45, 2.75) is 32.4 Å². The van der Waals surface area contributed by atoms with E-state index >= 15 is 0 Å². The van der Waals surface area contributed by atoms with E-state index in [9.17, 15) is 0 Å². The fourth-order valence-corrected chi connectivity index (χ4v) is 2.37. The largest absolute Gasteiger partial charge is 0.374 e. The van der Waals surface area contributed by atoms with Crippen molar-refractivity contribution >= 4 is 0 Å². The molecule has 0 spiro atoms. The smallest absolute Gasteiger partial charge is 0.0950 e.